The molecule has 1 unspecified atom stereocenters. The maximum Gasteiger partial charge on any atom is 0.309 e. The SMILES string of the molecule is CCCCOC1(C)CC(c2ccc(F)c(C)c2)=C(C=C[C@@H]2C[C@@H](O)CC(=O)O2)C(C)(C)C1. The molecule has 1 saturated heterocycles. The lowest BCUT2D eigenvalue weighted by Gasteiger charge is -2.45. The normalized spacial score (nSPS) is 28.3. The number of halogens is 1. The minimum Gasteiger partial charge on any atom is -0.458 e. The molecule has 0 amide bonds. The van der Waals surface area contributed by atoms with E-state index in [2.05, 4.69) is 27.7 Å². The maximum absolute atomic E-state index is 14.0. The minimum atomic E-state index is -0.672. The summed E-state index contributed by atoms with van der Waals surface area (Å²) in [6, 6.07) is 5.26. The van der Waals surface area contributed by atoms with Gasteiger partial charge in [-0.3, -0.25) is 4.79 Å². The largest absolute Gasteiger partial charge is 0.458 e. The van der Waals surface area contributed by atoms with Crippen molar-refractivity contribution in [1.29, 1.82) is 0 Å². The standard InChI is InChI=1S/C27H37FO4/c1-6-7-12-31-27(5)16-22(19-8-11-24(28)18(2)13-19)23(26(3,4)17-27)10-9-21-14-20(29)15-25(30)32-21/h8-11,13,20-21,29H,6-7,12,14-17H2,1-5H3/t20-,21-,27?/m1/s1. The molecular formula is C27H37FO4. The quantitative estimate of drug-likeness (QED) is 0.420. The molecule has 1 aromatic rings. The zero-order chi connectivity index (χ0) is 23.5. The lowest BCUT2D eigenvalue weighted by molar-refractivity contribution is -0.156. The fraction of sp³-hybridized carbons (Fsp3) is 0.593. The van der Waals surface area contributed by atoms with Gasteiger partial charge < -0.3 is 14.6 Å². The van der Waals surface area contributed by atoms with Gasteiger partial charge in [0.25, 0.3) is 0 Å². The average Bonchev–Trinajstić information content (AvgIpc) is 2.68. The van der Waals surface area contributed by atoms with Crippen LogP contribution in [-0.2, 0) is 14.3 Å². The number of carbonyl (C=O) groups excluding carboxylic acids is 1. The van der Waals surface area contributed by atoms with E-state index in [1.54, 1.807) is 6.92 Å². The summed E-state index contributed by atoms with van der Waals surface area (Å²) in [5.41, 5.74) is 3.34. The fourth-order valence-corrected chi connectivity index (χ4v) is 5.08. The van der Waals surface area contributed by atoms with Gasteiger partial charge in [-0.05, 0) is 72.6 Å². The van der Waals surface area contributed by atoms with Crippen LogP contribution in [0.5, 0.6) is 0 Å². The van der Waals surface area contributed by atoms with E-state index in [0.29, 0.717) is 12.0 Å². The first-order chi connectivity index (χ1) is 15.0. The van der Waals surface area contributed by atoms with Gasteiger partial charge >= 0.3 is 5.97 Å². The van der Waals surface area contributed by atoms with Crippen molar-refractivity contribution in [2.24, 2.45) is 5.41 Å². The summed E-state index contributed by atoms with van der Waals surface area (Å²) in [5, 5.41) is 9.95. The first-order valence-corrected chi connectivity index (χ1v) is 11.7. The lowest BCUT2D eigenvalue weighted by atomic mass is 9.65. The molecule has 1 aliphatic carbocycles. The van der Waals surface area contributed by atoms with E-state index < -0.39 is 12.2 Å². The highest BCUT2D eigenvalue weighted by atomic mass is 19.1. The van der Waals surface area contributed by atoms with Gasteiger partial charge in [-0.15, -0.1) is 0 Å². The molecule has 0 bridgehead atoms. The topological polar surface area (TPSA) is 55.8 Å². The third-order valence-corrected chi connectivity index (χ3v) is 6.54. The van der Waals surface area contributed by atoms with Crippen molar-refractivity contribution in [3.8, 4) is 0 Å². The number of rotatable bonds is 7. The van der Waals surface area contributed by atoms with Gasteiger partial charge in [0, 0.05) is 19.4 Å². The molecule has 0 aromatic heterocycles. The highest BCUT2D eigenvalue weighted by Gasteiger charge is 2.42. The number of aliphatic hydroxyl groups excluding tert-OH is 1. The number of cyclic esters (lactones) is 1. The number of allylic oxidation sites excluding steroid dienone is 2. The van der Waals surface area contributed by atoms with E-state index in [4.69, 9.17) is 9.47 Å². The van der Waals surface area contributed by atoms with Gasteiger partial charge in [-0.25, -0.2) is 4.39 Å². The van der Waals surface area contributed by atoms with Crippen molar-refractivity contribution in [2.45, 2.75) is 91.0 Å². The molecule has 4 nitrogen and oxygen atoms in total. The Morgan fingerprint density at radius 1 is 1.31 bits per heavy atom. The second-order valence-corrected chi connectivity index (χ2v) is 10.2. The molecule has 0 radical (unpaired) electrons. The van der Waals surface area contributed by atoms with Crippen LogP contribution in [-0.4, -0.2) is 35.5 Å². The fourth-order valence-electron chi connectivity index (χ4n) is 5.08. The van der Waals surface area contributed by atoms with Crippen molar-refractivity contribution in [3.63, 3.8) is 0 Å². The Morgan fingerprint density at radius 2 is 2.06 bits per heavy atom. The number of hydrogen-bond donors (Lipinski definition) is 1. The molecule has 0 saturated carbocycles. The molecule has 32 heavy (non-hydrogen) atoms. The molecule has 0 spiro atoms. The van der Waals surface area contributed by atoms with Crippen molar-refractivity contribution < 1.29 is 23.8 Å². The number of benzene rings is 1. The molecule has 3 rings (SSSR count). The van der Waals surface area contributed by atoms with Gasteiger partial charge in [-0.1, -0.05) is 39.3 Å². The van der Waals surface area contributed by atoms with E-state index in [9.17, 15) is 14.3 Å². The summed E-state index contributed by atoms with van der Waals surface area (Å²) in [4.78, 5) is 11.7. The van der Waals surface area contributed by atoms with Crippen LogP contribution in [0.15, 0.2) is 35.9 Å². The van der Waals surface area contributed by atoms with Crippen molar-refractivity contribution in [3.05, 3.63) is 52.9 Å². The Hall–Kier alpha value is -1.98. The monoisotopic (exact) mass is 444 g/mol. The van der Waals surface area contributed by atoms with Crippen LogP contribution < -0.4 is 0 Å². The Kier molecular flexibility index (Phi) is 7.61. The highest BCUT2D eigenvalue weighted by molar-refractivity contribution is 5.75. The van der Waals surface area contributed by atoms with Crippen LogP contribution >= 0.6 is 0 Å². The molecule has 3 atom stereocenters. The predicted octanol–water partition coefficient (Wildman–Crippen LogP) is 5.91. The molecule has 1 fully saturated rings. The first kappa shape index (κ1) is 24.7. The second kappa shape index (κ2) is 9.88. The van der Waals surface area contributed by atoms with Crippen LogP contribution in [0.25, 0.3) is 5.57 Å². The first-order valence-electron chi connectivity index (χ1n) is 11.7. The second-order valence-electron chi connectivity index (χ2n) is 10.2. The summed E-state index contributed by atoms with van der Waals surface area (Å²) in [6.07, 6.45) is 6.92. The van der Waals surface area contributed by atoms with Gasteiger partial charge in [0.05, 0.1) is 18.1 Å². The number of aryl methyl sites for hydroxylation is 1. The number of carbonyl (C=O) groups is 1. The third-order valence-electron chi connectivity index (χ3n) is 6.54. The van der Waals surface area contributed by atoms with E-state index in [1.165, 1.54) is 6.07 Å². The minimum absolute atomic E-state index is 0.0477. The van der Waals surface area contributed by atoms with E-state index >= 15 is 0 Å². The number of ether oxygens (including phenoxy) is 2. The van der Waals surface area contributed by atoms with Crippen LogP contribution in [0.2, 0.25) is 0 Å². The molecule has 2 aliphatic rings. The van der Waals surface area contributed by atoms with Crippen molar-refractivity contribution >= 4 is 11.5 Å². The zero-order valence-electron chi connectivity index (χ0n) is 20.0. The number of esters is 1. The summed E-state index contributed by atoms with van der Waals surface area (Å²) < 4.78 is 25.8. The van der Waals surface area contributed by atoms with Gasteiger partial charge in [0.2, 0.25) is 0 Å². The summed E-state index contributed by atoms with van der Waals surface area (Å²) in [5.74, 6) is -0.590. The maximum atomic E-state index is 14.0. The van der Waals surface area contributed by atoms with Crippen LogP contribution in [0.4, 0.5) is 4.39 Å². The van der Waals surface area contributed by atoms with Gasteiger partial charge in [-0.2, -0.15) is 0 Å². The summed E-state index contributed by atoms with van der Waals surface area (Å²) in [6.45, 7) is 11.2. The zero-order valence-corrected chi connectivity index (χ0v) is 20.0. The Bertz CT molecular complexity index is 901. The molecule has 5 heteroatoms. The highest BCUT2D eigenvalue weighted by Crippen LogP contribution is 2.50. The molecule has 1 heterocycles. The van der Waals surface area contributed by atoms with Crippen LogP contribution in [0.3, 0.4) is 0 Å². The Morgan fingerprint density at radius 3 is 2.72 bits per heavy atom. The molecule has 1 aromatic carbocycles. The van der Waals surface area contributed by atoms with Crippen molar-refractivity contribution in [2.75, 3.05) is 6.61 Å². The summed E-state index contributed by atoms with van der Waals surface area (Å²) >= 11 is 0. The predicted molar refractivity (Wildman–Crippen MR) is 125 cm³/mol. The van der Waals surface area contributed by atoms with Crippen LogP contribution in [0.1, 0.15) is 77.3 Å². The van der Waals surface area contributed by atoms with E-state index in [1.807, 2.05) is 24.3 Å². The number of unbranched alkanes of at least 4 members (excludes halogenated alkanes) is 1. The molecule has 176 valence electrons. The van der Waals surface area contributed by atoms with Gasteiger partial charge in [0.1, 0.15) is 11.9 Å². The smallest absolute Gasteiger partial charge is 0.309 e. The number of hydrogen-bond acceptors (Lipinski definition) is 4. The van der Waals surface area contributed by atoms with E-state index in [0.717, 1.165) is 49.0 Å². The van der Waals surface area contributed by atoms with Crippen LogP contribution in [0, 0.1) is 18.2 Å². The average molecular weight is 445 g/mol. The molecule has 1 N–H and O–H groups in total. The Labute approximate surface area is 191 Å². The Balaban J connectivity index is 2.01. The summed E-state index contributed by atoms with van der Waals surface area (Å²) in [7, 11) is 0. The number of aliphatic hydroxyl groups is 1. The molecule has 1 aliphatic heterocycles. The molecular weight excluding hydrogens is 407 g/mol. The van der Waals surface area contributed by atoms with Crippen molar-refractivity contribution in [1.82, 2.24) is 0 Å². The van der Waals surface area contributed by atoms with E-state index in [-0.39, 0.29) is 29.2 Å². The third kappa shape index (κ3) is 5.87. The van der Waals surface area contributed by atoms with Gasteiger partial charge in [0.15, 0.2) is 0 Å². The lowest BCUT2D eigenvalue weighted by Crippen LogP contribution is -2.40.